The van der Waals surface area contributed by atoms with Gasteiger partial charge in [0.2, 0.25) is 0 Å². The summed E-state index contributed by atoms with van der Waals surface area (Å²) in [4.78, 5) is 4.05. The summed E-state index contributed by atoms with van der Waals surface area (Å²) in [6.45, 7) is 4.62. The van der Waals surface area contributed by atoms with E-state index in [0.29, 0.717) is 6.54 Å². The Hall–Kier alpha value is -2.36. The van der Waals surface area contributed by atoms with Crippen molar-refractivity contribution in [2.75, 3.05) is 0 Å². The molecule has 0 unspecified atom stereocenters. The molecule has 20 heavy (non-hydrogen) atoms. The number of halogens is 1. The molecule has 2 heterocycles. The van der Waals surface area contributed by atoms with Crippen molar-refractivity contribution in [1.29, 1.82) is 0 Å². The number of aromatic hydroxyl groups is 1. The van der Waals surface area contributed by atoms with E-state index in [4.69, 9.17) is 0 Å². The molecule has 0 radical (unpaired) electrons. The van der Waals surface area contributed by atoms with Crippen LogP contribution in [0.1, 0.15) is 16.8 Å². The summed E-state index contributed by atoms with van der Waals surface area (Å²) in [5, 5.41) is 10.8. The van der Waals surface area contributed by atoms with E-state index in [-0.39, 0.29) is 11.6 Å². The van der Waals surface area contributed by atoms with Gasteiger partial charge >= 0.3 is 0 Å². The molecule has 0 aliphatic carbocycles. The number of rotatable bonds is 2. The zero-order valence-electron chi connectivity index (χ0n) is 11.4. The van der Waals surface area contributed by atoms with Gasteiger partial charge in [-0.25, -0.2) is 4.39 Å². The molecule has 3 rings (SSSR count). The third kappa shape index (κ3) is 1.93. The van der Waals surface area contributed by atoms with Crippen LogP contribution in [0.2, 0.25) is 0 Å². The Kier molecular flexibility index (Phi) is 2.93. The first-order valence-electron chi connectivity index (χ1n) is 6.44. The predicted molar refractivity (Wildman–Crippen MR) is 76.4 cm³/mol. The van der Waals surface area contributed by atoms with Crippen LogP contribution in [-0.2, 0) is 6.54 Å². The lowest BCUT2D eigenvalue weighted by Crippen LogP contribution is -2.02. The Morgan fingerprint density at radius 1 is 1.15 bits per heavy atom. The van der Waals surface area contributed by atoms with Crippen LogP contribution in [0.15, 0.2) is 36.7 Å². The van der Waals surface area contributed by atoms with Crippen LogP contribution >= 0.6 is 0 Å². The highest BCUT2D eigenvalue weighted by Gasteiger charge is 2.14. The van der Waals surface area contributed by atoms with Crippen LogP contribution in [0.5, 0.6) is 5.75 Å². The first-order chi connectivity index (χ1) is 9.58. The van der Waals surface area contributed by atoms with Gasteiger partial charge in [-0.1, -0.05) is 12.1 Å². The van der Waals surface area contributed by atoms with Crippen molar-refractivity contribution < 1.29 is 9.50 Å². The van der Waals surface area contributed by atoms with E-state index in [0.717, 1.165) is 27.7 Å². The number of nitrogens with zero attached hydrogens (tertiary/aromatic N) is 2. The average Bonchev–Trinajstić information content (AvgIpc) is 2.67. The molecular weight excluding hydrogens is 255 g/mol. The molecule has 0 fully saturated rings. The Bertz CT molecular complexity index is 775. The lowest BCUT2D eigenvalue weighted by molar-refractivity contribution is 0.479. The maximum atomic E-state index is 13.0. The minimum Gasteiger partial charge on any atom is -0.506 e. The average molecular weight is 270 g/mol. The number of fused-ring (bicyclic) bond motifs is 1. The maximum absolute atomic E-state index is 13.0. The van der Waals surface area contributed by atoms with Gasteiger partial charge in [-0.2, -0.15) is 0 Å². The fraction of sp³-hybridized carbons (Fsp3) is 0.188. The minimum atomic E-state index is -0.238. The lowest BCUT2D eigenvalue weighted by Gasteiger charge is -2.08. The molecule has 0 aliphatic heterocycles. The smallest absolute Gasteiger partial charge is 0.143 e. The van der Waals surface area contributed by atoms with Gasteiger partial charge in [0.25, 0.3) is 0 Å². The van der Waals surface area contributed by atoms with E-state index in [1.54, 1.807) is 18.3 Å². The first kappa shape index (κ1) is 12.7. The van der Waals surface area contributed by atoms with E-state index in [1.807, 2.05) is 13.8 Å². The highest BCUT2D eigenvalue weighted by Crippen LogP contribution is 2.31. The summed E-state index contributed by atoms with van der Waals surface area (Å²) in [6, 6.07) is 6.45. The third-order valence-electron chi connectivity index (χ3n) is 3.77. The van der Waals surface area contributed by atoms with Gasteiger partial charge in [0, 0.05) is 17.6 Å². The molecule has 1 aromatic carbocycles. The zero-order chi connectivity index (χ0) is 14.3. The predicted octanol–water partition coefficient (Wildman–Crippen LogP) is 3.55. The Labute approximate surface area is 116 Å². The first-order valence-corrected chi connectivity index (χ1v) is 6.44. The molecule has 3 aromatic rings. The maximum Gasteiger partial charge on any atom is 0.143 e. The lowest BCUT2D eigenvalue weighted by atomic mass is 10.2. The molecule has 4 heteroatoms. The van der Waals surface area contributed by atoms with Gasteiger partial charge in [0.1, 0.15) is 11.6 Å². The van der Waals surface area contributed by atoms with Crippen molar-refractivity contribution in [3.8, 4) is 5.75 Å². The van der Waals surface area contributed by atoms with Crippen molar-refractivity contribution in [3.05, 3.63) is 59.3 Å². The Morgan fingerprint density at radius 2 is 1.85 bits per heavy atom. The van der Waals surface area contributed by atoms with E-state index >= 15 is 0 Å². The van der Waals surface area contributed by atoms with E-state index < -0.39 is 0 Å². The van der Waals surface area contributed by atoms with Gasteiger partial charge < -0.3 is 9.67 Å². The second-order valence-electron chi connectivity index (χ2n) is 4.98. The van der Waals surface area contributed by atoms with Crippen molar-refractivity contribution in [3.63, 3.8) is 0 Å². The van der Waals surface area contributed by atoms with Crippen LogP contribution in [0.25, 0.3) is 10.9 Å². The second-order valence-corrected chi connectivity index (χ2v) is 4.98. The largest absolute Gasteiger partial charge is 0.506 e. The van der Waals surface area contributed by atoms with Gasteiger partial charge in [0.15, 0.2) is 0 Å². The molecular formula is C16H15FN2O. The van der Waals surface area contributed by atoms with Gasteiger partial charge in [0.05, 0.1) is 17.9 Å². The van der Waals surface area contributed by atoms with Crippen LogP contribution in [0, 0.1) is 19.7 Å². The number of pyridine rings is 1. The fourth-order valence-electron chi connectivity index (χ4n) is 2.57. The summed E-state index contributed by atoms with van der Waals surface area (Å²) < 4.78 is 15.1. The summed E-state index contributed by atoms with van der Waals surface area (Å²) in [7, 11) is 0. The molecule has 0 saturated heterocycles. The standard InChI is InChI=1S/C16H15FN2O/c1-10-11(2)19(9-12-3-5-13(17)6-4-12)14-7-18-8-15(20)16(10)14/h3-8,20H,9H2,1-2H3. The van der Waals surface area contributed by atoms with Gasteiger partial charge in [-0.05, 0) is 37.1 Å². The van der Waals surface area contributed by atoms with Crippen LogP contribution < -0.4 is 0 Å². The molecule has 0 saturated carbocycles. The van der Waals surface area contributed by atoms with E-state index in [9.17, 15) is 9.50 Å². The summed E-state index contributed by atoms with van der Waals surface area (Å²) in [5.74, 6) is -0.0423. The molecule has 2 aromatic heterocycles. The van der Waals surface area contributed by atoms with Crippen molar-refractivity contribution in [2.24, 2.45) is 0 Å². The number of hydrogen-bond donors (Lipinski definition) is 1. The van der Waals surface area contributed by atoms with Gasteiger partial charge in [-0.3, -0.25) is 4.98 Å². The zero-order valence-corrected chi connectivity index (χ0v) is 11.4. The highest BCUT2D eigenvalue weighted by molar-refractivity contribution is 5.89. The van der Waals surface area contributed by atoms with E-state index in [1.165, 1.54) is 18.3 Å². The molecule has 0 amide bonds. The molecule has 1 N–H and O–H groups in total. The number of aryl methyl sites for hydroxylation is 1. The van der Waals surface area contributed by atoms with Crippen LogP contribution in [0.4, 0.5) is 4.39 Å². The van der Waals surface area contributed by atoms with Crippen molar-refractivity contribution in [2.45, 2.75) is 20.4 Å². The minimum absolute atomic E-state index is 0.195. The SMILES string of the molecule is Cc1c(C)n(Cc2ccc(F)cc2)c2cncc(O)c12. The Balaban J connectivity index is 2.14. The third-order valence-corrected chi connectivity index (χ3v) is 3.77. The van der Waals surface area contributed by atoms with Crippen molar-refractivity contribution >= 4 is 10.9 Å². The van der Waals surface area contributed by atoms with E-state index in [2.05, 4.69) is 9.55 Å². The number of aromatic nitrogens is 2. The van der Waals surface area contributed by atoms with Crippen molar-refractivity contribution in [1.82, 2.24) is 9.55 Å². The van der Waals surface area contributed by atoms with Crippen LogP contribution in [0.3, 0.4) is 0 Å². The Morgan fingerprint density at radius 3 is 2.55 bits per heavy atom. The highest BCUT2D eigenvalue weighted by atomic mass is 19.1. The second kappa shape index (κ2) is 4.63. The topological polar surface area (TPSA) is 38.0 Å². The summed E-state index contributed by atoms with van der Waals surface area (Å²) >= 11 is 0. The molecule has 102 valence electrons. The van der Waals surface area contributed by atoms with Gasteiger partial charge in [-0.15, -0.1) is 0 Å². The molecule has 0 bridgehead atoms. The fourth-order valence-corrected chi connectivity index (χ4v) is 2.57. The van der Waals surface area contributed by atoms with Crippen LogP contribution in [-0.4, -0.2) is 14.7 Å². The summed E-state index contributed by atoms with van der Waals surface area (Å²) in [6.07, 6.45) is 3.20. The number of hydrogen-bond acceptors (Lipinski definition) is 2. The molecule has 3 nitrogen and oxygen atoms in total. The normalized spacial score (nSPS) is 11.2. The quantitative estimate of drug-likeness (QED) is 0.773. The molecule has 0 aliphatic rings. The monoisotopic (exact) mass is 270 g/mol. The number of benzene rings is 1. The summed E-state index contributed by atoms with van der Waals surface area (Å²) in [5.41, 5.74) is 4.02. The molecule has 0 atom stereocenters. The molecule has 0 spiro atoms.